The van der Waals surface area contributed by atoms with Crippen LogP contribution < -0.4 is 0 Å². The van der Waals surface area contributed by atoms with Crippen molar-refractivity contribution >= 4 is 6.09 Å². The number of carboxylic acid groups (broad SMARTS) is 1. The predicted octanol–water partition coefficient (Wildman–Crippen LogP) is 2.72. The van der Waals surface area contributed by atoms with E-state index in [0.717, 1.165) is 25.7 Å². The standard InChI is InChI=1S/C12H23NO3/c1-12(2,3)13(11(14)15)9-5-7-10(16-4)8-6-9/h9-10H,5-8H2,1-4H3,(H,14,15)/t9-,10-. The van der Waals surface area contributed by atoms with Gasteiger partial charge in [-0.25, -0.2) is 4.79 Å². The summed E-state index contributed by atoms with van der Waals surface area (Å²) >= 11 is 0. The maximum atomic E-state index is 11.3. The van der Waals surface area contributed by atoms with Crippen molar-refractivity contribution in [3.8, 4) is 0 Å². The normalized spacial score (nSPS) is 26.5. The molecule has 0 aromatic rings. The van der Waals surface area contributed by atoms with E-state index >= 15 is 0 Å². The summed E-state index contributed by atoms with van der Waals surface area (Å²) in [5.41, 5.74) is -0.323. The van der Waals surface area contributed by atoms with Gasteiger partial charge in [0.05, 0.1) is 6.10 Å². The molecule has 0 unspecified atom stereocenters. The Morgan fingerprint density at radius 1 is 1.25 bits per heavy atom. The minimum atomic E-state index is -0.812. The van der Waals surface area contributed by atoms with E-state index in [4.69, 9.17) is 4.74 Å². The molecule has 0 aromatic carbocycles. The molecule has 1 saturated carbocycles. The molecule has 0 spiro atoms. The Morgan fingerprint density at radius 2 is 1.75 bits per heavy atom. The first kappa shape index (κ1) is 13.3. The highest BCUT2D eigenvalue weighted by Crippen LogP contribution is 2.29. The van der Waals surface area contributed by atoms with Gasteiger partial charge >= 0.3 is 6.09 Å². The third-order valence-electron chi connectivity index (χ3n) is 3.27. The van der Waals surface area contributed by atoms with Gasteiger partial charge in [0, 0.05) is 18.7 Å². The van der Waals surface area contributed by atoms with Gasteiger partial charge in [-0.2, -0.15) is 0 Å². The molecule has 1 aliphatic carbocycles. The molecule has 1 aliphatic rings. The van der Waals surface area contributed by atoms with Crippen LogP contribution in [0.25, 0.3) is 0 Å². The lowest BCUT2D eigenvalue weighted by molar-refractivity contribution is 0.0148. The molecule has 0 aromatic heterocycles. The van der Waals surface area contributed by atoms with Gasteiger partial charge in [-0.1, -0.05) is 0 Å². The molecule has 1 N–H and O–H groups in total. The zero-order valence-corrected chi connectivity index (χ0v) is 10.7. The van der Waals surface area contributed by atoms with Crippen LogP contribution in [-0.4, -0.2) is 40.9 Å². The summed E-state index contributed by atoms with van der Waals surface area (Å²) in [6, 6.07) is 0.142. The zero-order chi connectivity index (χ0) is 12.3. The summed E-state index contributed by atoms with van der Waals surface area (Å²) < 4.78 is 5.30. The quantitative estimate of drug-likeness (QED) is 0.792. The Morgan fingerprint density at radius 3 is 2.06 bits per heavy atom. The number of hydrogen-bond donors (Lipinski definition) is 1. The molecule has 1 amide bonds. The van der Waals surface area contributed by atoms with Crippen molar-refractivity contribution < 1.29 is 14.6 Å². The van der Waals surface area contributed by atoms with E-state index in [0.29, 0.717) is 6.10 Å². The number of ether oxygens (including phenoxy) is 1. The van der Waals surface area contributed by atoms with Gasteiger partial charge < -0.3 is 14.7 Å². The van der Waals surface area contributed by atoms with E-state index in [1.54, 1.807) is 12.0 Å². The average molecular weight is 229 g/mol. The zero-order valence-electron chi connectivity index (χ0n) is 10.7. The molecule has 4 nitrogen and oxygen atoms in total. The molecule has 1 fully saturated rings. The maximum Gasteiger partial charge on any atom is 0.407 e. The average Bonchev–Trinajstić information content (AvgIpc) is 2.16. The van der Waals surface area contributed by atoms with Gasteiger partial charge in [0.15, 0.2) is 0 Å². The first-order valence-corrected chi connectivity index (χ1v) is 5.91. The minimum Gasteiger partial charge on any atom is -0.465 e. The number of carbonyl (C=O) groups is 1. The molecule has 0 atom stereocenters. The Bertz CT molecular complexity index is 239. The van der Waals surface area contributed by atoms with Crippen molar-refractivity contribution in [2.24, 2.45) is 0 Å². The largest absolute Gasteiger partial charge is 0.465 e. The van der Waals surface area contributed by atoms with Crippen LogP contribution in [0.1, 0.15) is 46.5 Å². The maximum absolute atomic E-state index is 11.3. The molecule has 4 heteroatoms. The summed E-state index contributed by atoms with van der Waals surface area (Å²) in [7, 11) is 1.73. The summed E-state index contributed by atoms with van der Waals surface area (Å²) in [4.78, 5) is 12.9. The molecule has 0 aliphatic heterocycles. The molecule has 0 heterocycles. The molecule has 16 heavy (non-hydrogen) atoms. The Labute approximate surface area is 97.6 Å². The SMILES string of the molecule is CO[C@H]1CC[C@H](N(C(=O)O)C(C)(C)C)CC1. The molecular weight excluding hydrogens is 206 g/mol. The lowest BCUT2D eigenvalue weighted by Gasteiger charge is -2.42. The van der Waals surface area contributed by atoms with Gasteiger partial charge in [-0.05, 0) is 46.5 Å². The lowest BCUT2D eigenvalue weighted by atomic mass is 9.89. The fourth-order valence-corrected chi connectivity index (χ4v) is 2.53. The fraction of sp³-hybridized carbons (Fsp3) is 0.917. The predicted molar refractivity (Wildman–Crippen MR) is 62.7 cm³/mol. The van der Waals surface area contributed by atoms with Crippen LogP contribution in [0.2, 0.25) is 0 Å². The van der Waals surface area contributed by atoms with Crippen LogP contribution in [0, 0.1) is 0 Å². The lowest BCUT2D eigenvalue weighted by Crippen LogP contribution is -2.52. The number of hydrogen-bond acceptors (Lipinski definition) is 2. The highest BCUT2D eigenvalue weighted by molar-refractivity contribution is 5.66. The molecular formula is C12H23NO3. The van der Waals surface area contributed by atoms with Gasteiger partial charge in [0.2, 0.25) is 0 Å². The summed E-state index contributed by atoms with van der Waals surface area (Å²) in [6.45, 7) is 5.84. The highest BCUT2D eigenvalue weighted by atomic mass is 16.5. The Kier molecular flexibility index (Phi) is 4.19. The minimum absolute atomic E-state index is 0.142. The Hall–Kier alpha value is -0.770. The van der Waals surface area contributed by atoms with Gasteiger partial charge in [0.1, 0.15) is 0 Å². The first-order valence-electron chi connectivity index (χ1n) is 5.91. The smallest absolute Gasteiger partial charge is 0.407 e. The third kappa shape index (κ3) is 3.11. The van der Waals surface area contributed by atoms with E-state index in [2.05, 4.69) is 0 Å². The van der Waals surface area contributed by atoms with Crippen LogP contribution in [0.5, 0.6) is 0 Å². The van der Waals surface area contributed by atoms with Crippen LogP contribution in [0.3, 0.4) is 0 Å². The number of rotatable bonds is 2. The second-order valence-electron chi connectivity index (χ2n) is 5.49. The van der Waals surface area contributed by atoms with Crippen molar-refractivity contribution in [1.82, 2.24) is 4.90 Å². The van der Waals surface area contributed by atoms with E-state index in [-0.39, 0.29) is 11.6 Å². The number of nitrogens with zero attached hydrogens (tertiary/aromatic N) is 1. The molecule has 94 valence electrons. The topological polar surface area (TPSA) is 49.8 Å². The van der Waals surface area contributed by atoms with Crippen LogP contribution >= 0.6 is 0 Å². The summed E-state index contributed by atoms with van der Waals surface area (Å²) in [5, 5.41) is 9.28. The summed E-state index contributed by atoms with van der Waals surface area (Å²) in [5.74, 6) is 0. The second kappa shape index (κ2) is 5.04. The van der Waals surface area contributed by atoms with Crippen molar-refractivity contribution in [3.05, 3.63) is 0 Å². The molecule has 0 radical (unpaired) electrons. The van der Waals surface area contributed by atoms with Crippen molar-refractivity contribution in [3.63, 3.8) is 0 Å². The molecule has 0 bridgehead atoms. The van der Waals surface area contributed by atoms with Gasteiger partial charge in [-0.3, -0.25) is 0 Å². The fourth-order valence-electron chi connectivity index (χ4n) is 2.53. The van der Waals surface area contributed by atoms with Crippen LogP contribution in [0.4, 0.5) is 4.79 Å². The Balaban J connectivity index is 2.65. The van der Waals surface area contributed by atoms with Crippen molar-refractivity contribution in [1.29, 1.82) is 0 Å². The van der Waals surface area contributed by atoms with E-state index in [1.807, 2.05) is 20.8 Å². The van der Waals surface area contributed by atoms with Crippen molar-refractivity contribution in [2.45, 2.75) is 64.1 Å². The molecule has 0 saturated heterocycles. The van der Waals surface area contributed by atoms with Gasteiger partial charge in [0.25, 0.3) is 0 Å². The number of methoxy groups -OCH3 is 1. The number of amides is 1. The van der Waals surface area contributed by atoms with Gasteiger partial charge in [-0.15, -0.1) is 0 Å². The first-order chi connectivity index (χ1) is 7.36. The van der Waals surface area contributed by atoms with E-state index in [1.165, 1.54) is 0 Å². The van der Waals surface area contributed by atoms with Crippen molar-refractivity contribution in [2.75, 3.05) is 7.11 Å². The van der Waals surface area contributed by atoms with E-state index < -0.39 is 6.09 Å². The highest BCUT2D eigenvalue weighted by Gasteiger charge is 2.35. The second-order valence-corrected chi connectivity index (χ2v) is 5.49. The monoisotopic (exact) mass is 229 g/mol. The van der Waals surface area contributed by atoms with E-state index in [9.17, 15) is 9.90 Å². The van der Waals surface area contributed by atoms with Crippen LogP contribution in [-0.2, 0) is 4.74 Å². The molecule has 1 rings (SSSR count). The van der Waals surface area contributed by atoms with Crippen LogP contribution in [0.15, 0.2) is 0 Å². The third-order valence-corrected chi connectivity index (χ3v) is 3.27. The summed E-state index contributed by atoms with van der Waals surface area (Å²) in [6.07, 6.45) is 3.23.